The van der Waals surface area contributed by atoms with Crippen molar-refractivity contribution in [3.63, 3.8) is 0 Å². The van der Waals surface area contributed by atoms with Crippen molar-refractivity contribution >= 4 is 34.0 Å². The maximum Gasteiger partial charge on any atom is 0.130 e. The minimum absolute atomic E-state index is 0.00994. The Labute approximate surface area is 459 Å². The smallest absolute Gasteiger partial charge is 0.130 e. The Hall–Kier alpha value is -7.81. The van der Waals surface area contributed by atoms with E-state index >= 15 is 0 Å². The summed E-state index contributed by atoms with van der Waals surface area (Å²) in [5, 5.41) is 7.11. The lowest BCUT2D eigenvalue weighted by atomic mass is 9.89. The van der Waals surface area contributed by atoms with Crippen LogP contribution < -0.4 is 21.3 Å². The summed E-state index contributed by atoms with van der Waals surface area (Å²) in [6.07, 6.45) is 27.7. The normalized spacial score (nSPS) is 14.0. The number of anilines is 4. The van der Waals surface area contributed by atoms with Gasteiger partial charge in [-0.25, -0.2) is 0 Å². The number of rotatable bonds is 16. The maximum atomic E-state index is 5.81. The predicted octanol–water partition coefficient (Wildman–Crippen LogP) is 19.5. The van der Waals surface area contributed by atoms with E-state index in [0.717, 1.165) is 89.6 Å². The standard InChI is InChI=1S/C46H45N3.C12H12N2.C5H12.C5H10.C3H8/c1-5-7-10-19-38(29-28-36-26-24-34(3)25-27-36)45(42(6-2)47-35(4)37-17-11-8-12-18-37)39-30-32-40(33-31-39)46-48-43-22-15-16-23-44(43)49(46)41-20-13-9-14-21-41;13-11-8-4-5-9-12(11)14-10-6-2-1-3-7-10;1-4-5(2)3;1-3-5-4-2;1-3-2/h1,7-14,16-21,23-27,30-33,46,48H,6,15,22,28-29H2,2-4H3;1-9,14H,13H2;5H,4H2,1-3H3;3H,1,4-5H2,2H3;3H2,1-2H3/b10-7-,38-19+,45-42-,47-35?;;;;. The van der Waals surface area contributed by atoms with Crippen LogP contribution in [0.25, 0.3) is 5.57 Å². The molecule has 5 heteroatoms. The fraction of sp³-hybridized carbons (Fsp3) is 0.282. The number of unbranched alkanes of at least 4 members (excludes halogenated alkanes) is 1. The molecule has 0 saturated carbocycles. The molecule has 0 bridgehead atoms. The highest BCUT2D eigenvalue weighted by molar-refractivity contribution is 6.00. The number of hydrogen-bond donors (Lipinski definition) is 3. The fourth-order valence-corrected chi connectivity index (χ4v) is 8.17. The quantitative estimate of drug-likeness (QED) is 0.0297. The third-order valence-corrected chi connectivity index (χ3v) is 12.6. The predicted molar refractivity (Wildman–Crippen MR) is 335 cm³/mol. The van der Waals surface area contributed by atoms with Crippen LogP contribution in [0.4, 0.5) is 22.7 Å². The van der Waals surface area contributed by atoms with Crippen molar-refractivity contribution < 1.29 is 0 Å². The second-order valence-electron chi connectivity index (χ2n) is 19.3. The number of aryl methyl sites for hydroxylation is 2. The van der Waals surface area contributed by atoms with Gasteiger partial charge in [0.15, 0.2) is 0 Å². The number of nitrogens with two attached hydrogens (primary N) is 1. The number of hydrogen-bond acceptors (Lipinski definition) is 5. The number of allylic oxidation sites excluding steroid dienone is 10. The van der Waals surface area contributed by atoms with Crippen LogP contribution in [0.2, 0.25) is 0 Å². The molecule has 4 N–H and O–H groups in total. The van der Waals surface area contributed by atoms with Crippen LogP contribution in [-0.4, -0.2) is 5.71 Å². The lowest BCUT2D eigenvalue weighted by Crippen LogP contribution is -2.28. The number of nitrogens with zero attached hydrogens (tertiary/aromatic N) is 2. The van der Waals surface area contributed by atoms with E-state index in [9.17, 15) is 0 Å². The number of terminal acetylenes is 1. The highest BCUT2D eigenvalue weighted by Gasteiger charge is 2.33. The van der Waals surface area contributed by atoms with E-state index in [1.54, 1.807) is 6.08 Å². The SMILES string of the molecule is C#C\C=C/C=C(CCc1ccc(C)cc1)/C(=C(\CC)N=C(C)c1ccccc1)c1ccc(C2NC3=C(C=CCC3)N2c2ccccc2)cc1.C=CCCC.CCC.CCC(C)C.Nc1ccccc1Nc1ccccc1. The van der Waals surface area contributed by atoms with Crippen LogP contribution in [-0.2, 0) is 6.42 Å². The number of para-hydroxylation sites is 4. The Balaban J connectivity index is 0.000000376. The highest BCUT2D eigenvalue weighted by Crippen LogP contribution is 2.40. The summed E-state index contributed by atoms with van der Waals surface area (Å²) >= 11 is 0. The summed E-state index contributed by atoms with van der Waals surface area (Å²) in [6, 6.07) is 56.8. The molecule has 76 heavy (non-hydrogen) atoms. The highest BCUT2D eigenvalue weighted by atomic mass is 15.3. The molecule has 1 unspecified atom stereocenters. The molecule has 0 radical (unpaired) electrons. The van der Waals surface area contributed by atoms with Gasteiger partial charge in [0.25, 0.3) is 0 Å². The number of nitrogen functional groups attached to an aromatic ring is 1. The van der Waals surface area contributed by atoms with Gasteiger partial charge in [0.05, 0.1) is 17.1 Å². The van der Waals surface area contributed by atoms with Gasteiger partial charge in [-0.3, -0.25) is 4.99 Å². The third-order valence-electron chi connectivity index (χ3n) is 12.6. The van der Waals surface area contributed by atoms with E-state index in [1.165, 1.54) is 58.6 Å². The second kappa shape index (κ2) is 34.6. The minimum Gasteiger partial charge on any atom is -0.397 e. The van der Waals surface area contributed by atoms with Gasteiger partial charge in [-0.15, -0.1) is 13.0 Å². The van der Waals surface area contributed by atoms with Crippen molar-refractivity contribution in [3.05, 3.63) is 257 Å². The summed E-state index contributed by atoms with van der Waals surface area (Å²) in [6.45, 7) is 23.0. The van der Waals surface area contributed by atoms with Crippen LogP contribution in [0.15, 0.2) is 234 Å². The lowest BCUT2D eigenvalue weighted by Gasteiger charge is -2.29. The van der Waals surface area contributed by atoms with Crippen molar-refractivity contribution in [1.29, 1.82) is 0 Å². The van der Waals surface area contributed by atoms with Crippen LogP contribution in [0.5, 0.6) is 0 Å². The summed E-state index contributed by atoms with van der Waals surface area (Å²) in [5.41, 5.74) is 22.8. The molecule has 0 spiro atoms. The van der Waals surface area contributed by atoms with E-state index in [4.69, 9.17) is 17.1 Å². The molecule has 6 aromatic carbocycles. The molecule has 0 fully saturated rings. The molecule has 8 rings (SSSR count). The molecule has 2 aliphatic rings. The van der Waals surface area contributed by atoms with E-state index in [0.29, 0.717) is 0 Å². The first-order valence-electron chi connectivity index (χ1n) is 27.6. The molecule has 0 saturated heterocycles. The van der Waals surface area contributed by atoms with E-state index in [-0.39, 0.29) is 6.17 Å². The van der Waals surface area contributed by atoms with Crippen molar-refractivity contribution in [2.24, 2.45) is 10.9 Å². The summed E-state index contributed by atoms with van der Waals surface area (Å²) in [7, 11) is 0. The molecule has 6 aromatic rings. The molecule has 0 aromatic heterocycles. The summed E-state index contributed by atoms with van der Waals surface area (Å²) < 4.78 is 0. The van der Waals surface area contributed by atoms with Gasteiger partial charge in [0.2, 0.25) is 0 Å². The van der Waals surface area contributed by atoms with Crippen molar-refractivity contribution in [3.8, 4) is 12.3 Å². The zero-order valence-electron chi connectivity index (χ0n) is 47.3. The minimum atomic E-state index is 0.00994. The Morgan fingerprint density at radius 3 is 1.99 bits per heavy atom. The van der Waals surface area contributed by atoms with Gasteiger partial charge in [-0.2, -0.15) is 0 Å². The Bertz CT molecular complexity index is 2840. The number of nitrogens with one attached hydrogen (secondary N) is 2. The van der Waals surface area contributed by atoms with Gasteiger partial charge in [0.1, 0.15) is 6.17 Å². The summed E-state index contributed by atoms with van der Waals surface area (Å²) in [5.74, 6) is 3.55. The molecule has 1 atom stereocenters. The molecule has 1 heterocycles. The molecule has 1 aliphatic heterocycles. The molecular formula is C71H87N5. The largest absolute Gasteiger partial charge is 0.397 e. The zero-order chi connectivity index (χ0) is 54.9. The van der Waals surface area contributed by atoms with E-state index < -0.39 is 0 Å². The van der Waals surface area contributed by atoms with Crippen molar-refractivity contribution in [2.45, 2.75) is 126 Å². The average Bonchev–Trinajstić information content (AvgIpc) is 3.85. The molecule has 0 amide bonds. The Kier molecular flexibility index (Phi) is 27.7. The van der Waals surface area contributed by atoms with Gasteiger partial charge >= 0.3 is 0 Å². The molecule has 5 nitrogen and oxygen atoms in total. The monoisotopic (exact) mass is 1010 g/mol. The number of benzene rings is 6. The lowest BCUT2D eigenvalue weighted by molar-refractivity contribution is 0.626. The molecule has 1 aliphatic carbocycles. The first kappa shape index (κ1) is 60.7. The first-order valence-corrected chi connectivity index (χ1v) is 27.6. The number of aliphatic imine (C=N–C) groups is 1. The Morgan fingerprint density at radius 1 is 0.816 bits per heavy atom. The topological polar surface area (TPSA) is 65.7 Å². The van der Waals surface area contributed by atoms with Crippen molar-refractivity contribution in [2.75, 3.05) is 16.0 Å². The van der Waals surface area contributed by atoms with Crippen LogP contribution >= 0.6 is 0 Å². The van der Waals surface area contributed by atoms with Crippen LogP contribution in [0.3, 0.4) is 0 Å². The second-order valence-corrected chi connectivity index (χ2v) is 19.3. The maximum absolute atomic E-state index is 5.81. The van der Waals surface area contributed by atoms with E-state index in [2.05, 4.69) is 212 Å². The van der Waals surface area contributed by atoms with Gasteiger partial charge in [-0.05, 0) is 135 Å². The first-order chi connectivity index (χ1) is 37.0. The zero-order valence-corrected chi connectivity index (χ0v) is 47.3. The fourth-order valence-electron chi connectivity index (χ4n) is 8.17. The molecular weight excluding hydrogens is 923 g/mol. The summed E-state index contributed by atoms with van der Waals surface area (Å²) in [4.78, 5) is 7.74. The van der Waals surface area contributed by atoms with Crippen molar-refractivity contribution in [1.82, 2.24) is 5.32 Å². The molecule has 396 valence electrons. The van der Waals surface area contributed by atoms with Crippen LogP contribution in [0, 0.1) is 25.2 Å². The third kappa shape index (κ3) is 20.1. The Morgan fingerprint density at radius 2 is 1.42 bits per heavy atom. The van der Waals surface area contributed by atoms with Gasteiger partial charge < -0.3 is 21.3 Å². The van der Waals surface area contributed by atoms with Gasteiger partial charge in [-0.1, -0.05) is 231 Å². The van der Waals surface area contributed by atoms with Crippen LogP contribution in [0.1, 0.15) is 141 Å². The van der Waals surface area contributed by atoms with E-state index in [1.807, 2.05) is 72.8 Å². The average molecular weight is 1010 g/mol. The van der Waals surface area contributed by atoms with Gasteiger partial charge in [0, 0.05) is 34.1 Å².